The number of aromatic nitrogens is 1. The van der Waals surface area contributed by atoms with Crippen LogP contribution in [-0.2, 0) is 11.3 Å². The number of pyridine rings is 1. The monoisotopic (exact) mass is 425 g/mol. The summed E-state index contributed by atoms with van der Waals surface area (Å²) in [6, 6.07) is 4.14. The first-order valence-electron chi connectivity index (χ1n) is 8.67. The van der Waals surface area contributed by atoms with E-state index in [1.165, 1.54) is 0 Å². The van der Waals surface area contributed by atoms with Gasteiger partial charge in [-0.25, -0.2) is 4.98 Å². The van der Waals surface area contributed by atoms with E-state index in [4.69, 9.17) is 0 Å². The van der Waals surface area contributed by atoms with Crippen molar-refractivity contribution in [3.05, 3.63) is 23.9 Å². The van der Waals surface area contributed by atoms with Gasteiger partial charge in [0.1, 0.15) is 5.82 Å². The molecular formula is C17H30Cl3N5O. The Hall–Kier alpha value is -0.790. The van der Waals surface area contributed by atoms with E-state index in [1.54, 1.807) is 0 Å². The quantitative estimate of drug-likeness (QED) is 0.751. The van der Waals surface area contributed by atoms with Crippen molar-refractivity contribution < 1.29 is 4.79 Å². The van der Waals surface area contributed by atoms with Gasteiger partial charge in [-0.3, -0.25) is 4.79 Å². The van der Waals surface area contributed by atoms with Gasteiger partial charge in [-0.05, 0) is 31.1 Å². The maximum Gasteiger partial charge on any atom is 0.224 e. The van der Waals surface area contributed by atoms with Gasteiger partial charge in [0, 0.05) is 45.5 Å². The highest BCUT2D eigenvalue weighted by molar-refractivity contribution is 5.86. The van der Waals surface area contributed by atoms with Gasteiger partial charge in [-0.2, -0.15) is 0 Å². The highest BCUT2D eigenvalue weighted by atomic mass is 35.5. The van der Waals surface area contributed by atoms with Crippen molar-refractivity contribution in [3.63, 3.8) is 0 Å². The second-order valence-corrected chi connectivity index (χ2v) is 6.35. The lowest BCUT2D eigenvalue weighted by molar-refractivity contribution is -0.124. The zero-order valence-corrected chi connectivity index (χ0v) is 17.6. The van der Waals surface area contributed by atoms with E-state index in [1.807, 2.05) is 6.20 Å². The van der Waals surface area contributed by atoms with Gasteiger partial charge < -0.3 is 20.4 Å². The zero-order chi connectivity index (χ0) is 16.1. The van der Waals surface area contributed by atoms with Crippen molar-refractivity contribution in [2.75, 3.05) is 50.7 Å². The summed E-state index contributed by atoms with van der Waals surface area (Å²) < 4.78 is 0. The third kappa shape index (κ3) is 6.74. The van der Waals surface area contributed by atoms with Crippen LogP contribution in [0.15, 0.2) is 18.3 Å². The maximum absolute atomic E-state index is 12.0. The highest BCUT2D eigenvalue weighted by Gasteiger charge is 2.22. The molecule has 0 spiro atoms. The molecule has 150 valence electrons. The molecule has 0 saturated carbocycles. The predicted molar refractivity (Wildman–Crippen MR) is 113 cm³/mol. The van der Waals surface area contributed by atoms with Crippen LogP contribution in [0.2, 0.25) is 0 Å². The van der Waals surface area contributed by atoms with Crippen molar-refractivity contribution >= 4 is 48.9 Å². The summed E-state index contributed by atoms with van der Waals surface area (Å²) in [5, 5.41) is 6.23. The number of hydrogen-bond donors (Lipinski definition) is 2. The number of hydrogen-bond acceptors (Lipinski definition) is 5. The number of halogens is 3. The Bertz CT molecular complexity index is 518. The van der Waals surface area contributed by atoms with E-state index in [9.17, 15) is 4.79 Å². The summed E-state index contributed by atoms with van der Waals surface area (Å²) in [6.07, 6.45) is 2.82. The molecule has 0 bridgehead atoms. The Balaban J connectivity index is 0.00000208. The minimum atomic E-state index is 0. The standard InChI is InChI=1S/C17H27N5O.3ClH/c1-2-21-7-9-22(10-8-21)16-4-3-14(11-19-16)12-20-17(23)15-5-6-18-13-15;;;/h3-4,11,15,18H,2,5-10,12-13H2,1H3,(H,20,23);3*1H. The molecular weight excluding hydrogens is 397 g/mol. The topological polar surface area (TPSA) is 60.5 Å². The summed E-state index contributed by atoms with van der Waals surface area (Å²) in [5.41, 5.74) is 1.06. The molecule has 0 aliphatic carbocycles. The summed E-state index contributed by atoms with van der Waals surface area (Å²) in [4.78, 5) is 21.4. The van der Waals surface area contributed by atoms with E-state index in [0.717, 1.165) is 63.6 Å². The number of anilines is 1. The van der Waals surface area contributed by atoms with E-state index in [0.29, 0.717) is 6.54 Å². The van der Waals surface area contributed by atoms with E-state index in [2.05, 4.69) is 44.5 Å². The second kappa shape index (κ2) is 12.6. The molecule has 26 heavy (non-hydrogen) atoms. The van der Waals surface area contributed by atoms with Gasteiger partial charge >= 0.3 is 0 Å². The van der Waals surface area contributed by atoms with Gasteiger partial charge in [0.2, 0.25) is 5.91 Å². The molecule has 1 atom stereocenters. The fraction of sp³-hybridized carbons (Fsp3) is 0.647. The van der Waals surface area contributed by atoms with Crippen LogP contribution in [0.5, 0.6) is 0 Å². The van der Waals surface area contributed by atoms with Crippen molar-refractivity contribution in [2.24, 2.45) is 5.92 Å². The Labute approximate surface area is 174 Å². The molecule has 0 radical (unpaired) electrons. The van der Waals surface area contributed by atoms with Gasteiger partial charge in [0.25, 0.3) is 0 Å². The molecule has 1 aromatic rings. The van der Waals surface area contributed by atoms with Crippen LogP contribution in [0.4, 0.5) is 5.82 Å². The Morgan fingerprint density at radius 2 is 1.96 bits per heavy atom. The number of nitrogens with one attached hydrogen (secondary N) is 2. The van der Waals surface area contributed by atoms with Crippen LogP contribution >= 0.6 is 37.2 Å². The SMILES string of the molecule is CCN1CCN(c2ccc(CNC(=O)C3CCNC3)cn2)CC1.Cl.Cl.Cl. The number of nitrogens with zero attached hydrogens (tertiary/aromatic N) is 3. The summed E-state index contributed by atoms with van der Waals surface area (Å²) in [5.74, 6) is 1.31. The number of carbonyl (C=O) groups excluding carboxylic acids is 1. The van der Waals surface area contributed by atoms with Crippen LogP contribution in [0.25, 0.3) is 0 Å². The van der Waals surface area contributed by atoms with Gasteiger partial charge in [0.05, 0.1) is 5.92 Å². The van der Waals surface area contributed by atoms with E-state index in [-0.39, 0.29) is 49.0 Å². The molecule has 2 aliphatic heterocycles. The average Bonchev–Trinajstić information content (AvgIpc) is 3.15. The minimum Gasteiger partial charge on any atom is -0.354 e. The number of likely N-dealkylation sites (N-methyl/N-ethyl adjacent to an activating group) is 1. The zero-order valence-electron chi connectivity index (χ0n) is 15.1. The number of carbonyl (C=O) groups is 1. The van der Waals surface area contributed by atoms with Crippen LogP contribution in [-0.4, -0.2) is 61.6 Å². The summed E-state index contributed by atoms with van der Waals surface area (Å²) >= 11 is 0. The van der Waals surface area contributed by atoms with Crippen molar-refractivity contribution in [2.45, 2.75) is 19.9 Å². The molecule has 9 heteroatoms. The third-order valence-electron chi connectivity index (χ3n) is 4.85. The predicted octanol–water partition coefficient (Wildman–Crippen LogP) is 1.71. The van der Waals surface area contributed by atoms with E-state index < -0.39 is 0 Å². The molecule has 0 aromatic carbocycles. The molecule has 2 saturated heterocycles. The fourth-order valence-corrected chi connectivity index (χ4v) is 3.21. The summed E-state index contributed by atoms with van der Waals surface area (Å²) in [6.45, 7) is 9.90. The first kappa shape index (κ1) is 25.2. The average molecular weight is 427 g/mol. The molecule has 2 fully saturated rings. The van der Waals surface area contributed by atoms with Crippen molar-refractivity contribution in [1.29, 1.82) is 0 Å². The third-order valence-corrected chi connectivity index (χ3v) is 4.85. The minimum absolute atomic E-state index is 0. The van der Waals surface area contributed by atoms with Gasteiger partial charge in [0.15, 0.2) is 0 Å². The lowest BCUT2D eigenvalue weighted by atomic mass is 10.1. The maximum atomic E-state index is 12.0. The van der Waals surface area contributed by atoms with E-state index >= 15 is 0 Å². The molecule has 3 rings (SSSR count). The van der Waals surface area contributed by atoms with Crippen LogP contribution < -0.4 is 15.5 Å². The lowest BCUT2D eigenvalue weighted by Gasteiger charge is -2.34. The Morgan fingerprint density at radius 3 is 2.50 bits per heavy atom. The second-order valence-electron chi connectivity index (χ2n) is 6.35. The number of piperazine rings is 1. The van der Waals surface area contributed by atoms with Gasteiger partial charge in [-0.1, -0.05) is 13.0 Å². The van der Waals surface area contributed by atoms with Crippen LogP contribution in [0, 0.1) is 5.92 Å². The van der Waals surface area contributed by atoms with Crippen molar-refractivity contribution in [3.8, 4) is 0 Å². The van der Waals surface area contributed by atoms with Crippen LogP contribution in [0.3, 0.4) is 0 Å². The number of amides is 1. The molecule has 1 aromatic heterocycles. The molecule has 1 amide bonds. The van der Waals surface area contributed by atoms with Crippen LogP contribution in [0.1, 0.15) is 18.9 Å². The highest BCUT2D eigenvalue weighted by Crippen LogP contribution is 2.14. The lowest BCUT2D eigenvalue weighted by Crippen LogP contribution is -2.46. The molecule has 3 heterocycles. The number of rotatable bonds is 5. The normalized spacial score (nSPS) is 19.7. The largest absolute Gasteiger partial charge is 0.354 e. The Kier molecular flexibility index (Phi) is 12.2. The Morgan fingerprint density at radius 1 is 1.23 bits per heavy atom. The first-order chi connectivity index (χ1) is 11.3. The van der Waals surface area contributed by atoms with Crippen molar-refractivity contribution in [1.82, 2.24) is 20.5 Å². The molecule has 1 unspecified atom stereocenters. The molecule has 2 N–H and O–H groups in total. The summed E-state index contributed by atoms with van der Waals surface area (Å²) in [7, 11) is 0. The smallest absolute Gasteiger partial charge is 0.224 e. The molecule has 6 nitrogen and oxygen atoms in total. The molecule has 2 aliphatic rings. The fourth-order valence-electron chi connectivity index (χ4n) is 3.21. The van der Waals surface area contributed by atoms with Gasteiger partial charge in [-0.15, -0.1) is 37.2 Å². The first-order valence-corrected chi connectivity index (χ1v) is 8.67.